The summed E-state index contributed by atoms with van der Waals surface area (Å²) < 4.78 is 6.00. The highest BCUT2D eigenvalue weighted by Gasteiger charge is 2.44. The first-order valence-corrected chi connectivity index (χ1v) is 10.8. The molecule has 9 heteroatoms. The van der Waals surface area contributed by atoms with Crippen molar-refractivity contribution in [3.05, 3.63) is 30.3 Å². The van der Waals surface area contributed by atoms with Gasteiger partial charge < -0.3 is 5.32 Å². The minimum Gasteiger partial charge on any atom is -0.379 e. The SMILES string of the molecule is CCSNC(=S)[N+](CCNc1ccccc1)(C(C)=O)C(=S)NSCC. The van der Waals surface area contributed by atoms with E-state index in [1.807, 2.05) is 44.2 Å². The summed E-state index contributed by atoms with van der Waals surface area (Å²) in [7, 11) is 0. The van der Waals surface area contributed by atoms with Gasteiger partial charge in [0.25, 0.3) is 10.2 Å². The van der Waals surface area contributed by atoms with Crippen LogP contribution in [0.15, 0.2) is 30.3 Å². The summed E-state index contributed by atoms with van der Waals surface area (Å²) in [5.41, 5.74) is 0.993. The van der Waals surface area contributed by atoms with E-state index >= 15 is 0 Å². The summed E-state index contributed by atoms with van der Waals surface area (Å²) in [4.78, 5) is 12.6. The molecule has 0 aromatic heterocycles. The van der Waals surface area contributed by atoms with Crippen LogP contribution in [0.4, 0.5) is 5.69 Å². The Labute approximate surface area is 169 Å². The maximum atomic E-state index is 12.6. The number of carbonyl (C=O) groups excluding carboxylic acids is 1. The van der Waals surface area contributed by atoms with Gasteiger partial charge in [0.15, 0.2) is 0 Å². The van der Waals surface area contributed by atoms with Crippen molar-refractivity contribution in [3.63, 3.8) is 0 Å². The lowest BCUT2D eigenvalue weighted by Gasteiger charge is -2.33. The fourth-order valence-electron chi connectivity index (χ4n) is 2.09. The molecule has 0 aliphatic carbocycles. The molecule has 0 radical (unpaired) electrons. The Morgan fingerprint density at radius 1 is 1.04 bits per heavy atom. The standard InChI is InChI=1S/C16H24N4OS4/c1-4-24-18-15(22)20(13(3)21,16(23)19-25-5-2)12-11-17-14-9-7-6-8-10-14/h6-10,17H,4-5,11-12H2,1-3H3,(H-,18,19,22,23)/p+1. The van der Waals surface area contributed by atoms with Gasteiger partial charge in [-0.05, 0) is 36.0 Å². The van der Waals surface area contributed by atoms with Crippen molar-refractivity contribution in [1.82, 2.24) is 9.44 Å². The van der Waals surface area contributed by atoms with E-state index in [-0.39, 0.29) is 10.4 Å². The van der Waals surface area contributed by atoms with Crippen molar-refractivity contribution in [2.45, 2.75) is 20.8 Å². The largest absolute Gasteiger partial charge is 0.379 e. The minimum absolute atomic E-state index is 0.113. The van der Waals surface area contributed by atoms with Crippen LogP contribution in [0.5, 0.6) is 0 Å². The average Bonchev–Trinajstić information content (AvgIpc) is 2.61. The summed E-state index contributed by atoms with van der Waals surface area (Å²) in [5, 5.41) is 4.13. The molecular weight excluding hydrogens is 392 g/mol. The van der Waals surface area contributed by atoms with E-state index in [0.717, 1.165) is 17.2 Å². The van der Waals surface area contributed by atoms with Crippen LogP contribution in [0.25, 0.3) is 0 Å². The third-order valence-corrected chi connectivity index (χ3v) is 5.73. The summed E-state index contributed by atoms with van der Waals surface area (Å²) in [6.45, 7) is 6.54. The Bertz CT molecular complexity index is 563. The van der Waals surface area contributed by atoms with Crippen LogP contribution in [0, 0.1) is 0 Å². The summed E-state index contributed by atoms with van der Waals surface area (Å²) in [6.07, 6.45) is 0. The molecule has 138 valence electrons. The van der Waals surface area contributed by atoms with Crippen molar-refractivity contribution < 1.29 is 9.28 Å². The van der Waals surface area contributed by atoms with Crippen LogP contribution in [0.1, 0.15) is 20.8 Å². The molecule has 0 unspecified atom stereocenters. The maximum absolute atomic E-state index is 12.6. The Balaban J connectivity index is 2.95. The number of amides is 1. The van der Waals surface area contributed by atoms with E-state index in [1.165, 1.54) is 30.8 Å². The number of hydrogen-bond acceptors (Lipinski definition) is 6. The molecule has 5 nitrogen and oxygen atoms in total. The second-order valence-electron chi connectivity index (χ2n) is 5.03. The van der Waals surface area contributed by atoms with Crippen LogP contribution >= 0.6 is 48.3 Å². The van der Waals surface area contributed by atoms with E-state index in [2.05, 4.69) is 14.8 Å². The first kappa shape index (κ1) is 22.2. The van der Waals surface area contributed by atoms with Crippen LogP contribution < -0.4 is 14.8 Å². The molecule has 25 heavy (non-hydrogen) atoms. The van der Waals surface area contributed by atoms with Gasteiger partial charge in [-0.3, -0.25) is 9.44 Å². The molecule has 0 aliphatic heterocycles. The van der Waals surface area contributed by atoms with Crippen LogP contribution in [0.2, 0.25) is 0 Å². The molecule has 0 spiro atoms. The van der Waals surface area contributed by atoms with Crippen molar-refractivity contribution >= 4 is 70.2 Å². The summed E-state index contributed by atoms with van der Waals surface area (Å²) >= 11 is 14.0. The minimum atomic E-state index is -0.190. The van der Waals surface area contributed by atoms with Crippen molar-refractivity contribution in [2.75, 3.05) is 29.9 Å². The lowest BCUT2D eigenvalue weighted by atomic mass is 10.3. The molecule has 1 amide bonds. The summed E-state index contributed by atoms with van der Waals surface area (Å²) in [6, 6.07) is 9.85. The number of thiocarbonyl (C=S) groups is 2. The quantitative estimate of drug-likeness (QED) is 0.337. The van der Waals surface area contributed by atoms with Crippen molar-refractivity contribution in [3.8, 4) is 0 Å². The van der Waals surface area contributed by atoms with Crippen molar-refractivity contribution in [1.29, 1.82) is 0 Å². The molecule has 0 saturated heterocycles. The molecule has 0 heterocycles. The number of hydrogen-bond donors (Lipinski definition) is 3. The first-order valence-electron chi connectivity index (χ1n) is 8.01. The first-order chi connectivity index (χ1) is 12.0. The number of benzene rings is 1. The number of para-hydroxylation sites is 1. The zero-order chi connectivity index (χ0) is 18.7. The zero-order valence-electron chi connectivity index (χ0n) is 14.7. The van der Waals surface area contributed by atoms with Gasteiger partial charge in [-0.15, -0.1) is 4.48 Å². The molecule has 0 atom stereocenters. The van der Waals surface area contributed by atoms with Gasteiger partial charge >= 0.3 is 5.91 Å². The second-order valence-corrected chi connectivity index (χ2v) is 7.94. The predicted octanol–water partition coefficient (Wildman–Crippen LogP) is 3.55. The lowest BCUT2D eigenvalue weighted by Crippen LogP contribution is -2.66. The topological polar surface area (TPSA) is 53.2 Å². The number of anilines is 1. The lowest BCUT2D eigenvalue weighted by molar-refractivity contribution is -0.661. The Hall–Kier alpha value is -0.870. The van der Waals surface area contributed by atoms with Gasteiger partial charge in [-0.2, -0.15) is 0 Å². The molecular formula is C16H25N4OS4+. The molecule has 1 aromatic rings. The fraction of sp³-hybridized carbons (Fsp3) is 0.438. The van der Waals surface area contributed by atoms with Gasteiger partial charge in [-0.25, -0.2) is 4.79 Å². The number of nitrogens with zero attached hydrogens (tertiary/aromatic N) is 1. The third kappa shape index (κ3) is 6.41. The van der Waals surface area contributed by atoms with Gasteiger partial charge in [-0.1, -0.05) is 32.0 Å². The normalized spacial score (nSPS) is 10.8. The summed E-state index contributed by atoms with van der Waals surface area (Å²) in [5.74, 6) is 1.56. The predicted molar refractivity (Wildman–Crippen MR) is 118 cm³/mol. The van der Waals surface area contributed by atoms with E-state index in [0.29, 0.717) is 23.3 Å². The average molecular weight is 418 g/mol. The van der Waals surface area contributed by atoms with Crippen LogP contribution in [-0.2, 0) is 4.79 Å². The van der Waals surface area contributed by atoms with Crippen LogP contribution in [0.3, 0.4) is 0 Å². The van der Waals surface area contributed by atoms with Gasteiger partial charge in [0, 0.05) is 41.6 Å². The van der Waals surface area contributed by atoms with E-state index in [1.54, 1.807) is 0 Å². The molecule has 1 aromatic carbocycles. The van der Waals surface area contributed by atoms with E-state index in [9.17, 15) is 4.79 Å². The molecule has 3 N–H and O–H groups in total. The highest BCUT2D eigenvalue weighted by Crippen LogP contribution is 2.15. The zero-order valence-corrected chi connectivity index (χ0v) is 18.0. The van der Waals surface area contributed by atoms with Crippen LogP contribution in [-0.4, -0.2) is 45.2 Å². The maximum Gasteiger partial charge on any atom is 0.324 e. The Morgan fingerprint density at radius 3 is 2.00 bits per heavy atom. The molecule has 0 aliphatic rings. The molecule has 1 rings (SSSR count). The number of nitrogens with one attached hydrogen (secondary N) is 3. The number of rotatable bonds is 8. The van der Waals surface area contributed by atoms with E-state index in [4.69, 9.17) is 24.4 Å². The number of carbonyl (C=O) groups is 1. The smallest absolute Gasteiger partial charge is 0.324 e. The van der Waals surface area contributed by atoms with Gasteiger partial charge in [0.2, 0.25) is 0 Å². The monoisotopic (exact) mass is 417 g/mol. The third-order valence-electron chi connectivity index (χ3n) is 3.39. The molecule has 0 saturated carbocycles. The van der Waals surface area contributed by atoms with Crippen molar-refractivity contribution in [2.24, 2.45) is 0 Å². The Morgan fingerprint density at radius 2 is 1.56 bits per heavy atom. The van der Waals surface area contributed by atoms with Gasteiger partial charge in [0.1, 0.15) is 6.54 Å². The molecule has 0 fully saturated rings. The highest BCUT2D eigenvalue weighted by molar-refractivity contribution is 7.99. The second kappa shape index (κ2) is 11.7. The number of quaternary nitrogens is 1. The fourth-order valence-corrected chi connectivity index (χ4v) is 3.97. The molecule has 0 bridgehead atoms. The van der Waals surface area contributed by atoms with E-state index < -0.39 is 0 Å². The highest BCUT2D eigenvalue weighted by atomic mass is 32.2. The Kier molecular flexibility index (Phi) is 10.4. The van der Waals surface area contributed by atoms with Gasteiger partial charge in [0.05, 0.1) is 13.5 Å².